The van der Waals surface area contributed by atoms with Gasteiger partial charge in [-0.15, -0.1) is 0 Å². The van der Waals surface area contributed by atoms with Gasteiger partial charge in [0.25, 0.3) is 0 Å². The quantitative estimate of drug-likeness (QED) is 0.729. The Bertz CT molecular complexity index is 625. The molecule has 4 heteroatoms. The van der Waals surface area contributed by atoms with Gasteiger partial charge >= 0.3 is 0 Å². The van der Waals surface area contributed by atoms with E-state index in [4.69, 9.17) is 0 Å². The van der Waals surface area contributed by atoms with Gasteiger partial charge in [0.2, 0.25) is 0 Å². The monoisotopic (exact) mass is 242 g/mol. The summed E-state index contributed by atoms with van der Waals surface area (Å²) >= 11 is 0. The highest BCUT2D eigenvalue weighted by molar-refractivity contribution is 6.18. The van der Waals surface area contributed by atoms with Crippen LogP contribution in [0.5, 0.6) is 5.75 Å². The summed E-state index contributed by atoms with van der Waals surface area (Å²) in [7, 11) is 0. The van der Waals surface area contributed by atoms with E-state index in [0.29, 0.717) is 0 Å². The molecule has 2 unspecified atom stereocenters. The zero-order chi connectivity index (χ0) is 12.9. The second-order valence-corrected chi connectivity index (χ2v) is 4.41. The number of carbonyl (C=O) groups excluding carboxylic acids is 2. The Kier molecular flexibility index (Phi) is 2.13. The first-order valence-electron chi connectivity index (χ1n) is 5.59. The van der Waals surface area contributed by atoms with Crippen molar-refractivity contribution in [2.75, 3.05) is 0 Å². The molecule has 0 saturated carbocycles. The second-order valence-electron chi connectivity index (χ2n) is 4.41. The Morgan fingerprint density at radius 1 is 1.06 bits per heavy atom. The molecular formula is C14H10O4. The molecule has 18 heavy (non-hydrogen) atoms. The Labute approximate surface area is 103 Å². The number of rotatable bonds is 0. The lowest BCUT2D eigenvalue weighted by molar-refractivity contribution is 0.0756. The van der Waals surface area contributed by atoms with E-state index < -0.39 is 11.8 Å². The van der Waals surface area contributed by atoms with Crippen molar-refractivity contribution in [3.63, 3.8) is 0 Å². The van der Waals surface area contributed by atoms with Crippen LogP contribution in [0.3, 0.4) is 0 Å². The fourth-order valence-electron chi connectivity index (χ4n) is 2.55. The number of phenols is 1. The molecule has 90 valence electrons. The molecule has 2 N–H and O–H groups in total. The lowest BCUT2D eigenvalue weighted by atomic mass is 9.71. The van der Waals surface area contributed by atoms with Crippen LogP contribution in [-0.4, -0.2) is 21.8 Å². The zero-order valence-corrected chi connectivity index (χ0v) is 9.33. The van der Waals surface area contributed by atoms with Crippen molar-refractivity contribution >= 4 is 11.6 Å². The number of carbonyl (C=O) groups is 2. The van der Waals surface area contributed by atoms with Crippen molar-refractivity contribution in [3.05, 3.63) is 53.3 Å². The molecule has 0 bridgehead atoms. The number of benzene rings is 1. The van der Waals surface area contributed by atoms with Crippen molar-refractivity contribution in [3.8, 4) is 5.75 Å². The lowest BCUT2D eigenvalue weighted by Gasteiger charge is -2.30. The van der Waals surface area contributed by atoms with Gasteiger partial charge in [0.15, 0.2) is 11.6 Å². The van der Waals surface area contributed by atoms with Gasteiger partial charge in [-0.2, -0.15) is 0 Å². The van der Waals surface area contributed by atoms with Crippen molar-refractivity contribution in [1.29, 1.82) is 0 Å². The summed E-state index contributed by atoms with van der Waals surface area (Å²) in [5, 5.41) is 19.5. The van der Waals surface area contributed by atoms with E-state index in [-0.39, 0.29) is 34.2 Å². The van der Waals surface area contributed by atoms with Crippen LogP contribution in [0.4, 0.5) is 0 Å². The molecule has 0 spiro atoms. The SMILES string of the molecule is O=C1c2c(O)cccc2C(=O)C2C(O)=CC=CC12. The minimum atomic E-state index is -0.850. The van der Waals surface area contributed by atoms with Crippen LogP contribution in [-0.2, 0) is 0 Å². The normalized spacial score (nSPS) is 25.4. The number of fused-ring (bicyclic) bond motifs is 2. The van der Waals surface area contributed by atoms with Crippen molar-refractivity contribution < 1.29 is 19.8 Å². The van der Waals surface area contributed by atoms with Crippen LogP contribution >= 0.6 is 0 Å². The molecule has 0 amide bonds. The van der Waals surface area contributed by atoms with E-state index in [1.54, 1.807) is 12.2 Å². The maximum absolute atomic E-state index is 12.3. The van der Waals surface area contributed by atoms with Crippen LogP contribution in [0, 0.1) is 11.8 Å². The first-order valence-corrected chi connectivity index (χ1v) is 5.59. The largest absolute Gasteiger partial charge is 0.512 e. The van der Waals surface area contributed by atoms with E-state index in [1.807, 2.05) is 0 Å². The predicted molar refractivity (Wildman–Crippen MR) is 63.6 cm³/mol. The number of aliphatic hydroxyl groups excluding tert-OH is 1. The molecule has 0 aliphatic heterocycles. The second kappa shape index (κ2) is 3.57. The third kappa shape index (κ3) is 1.26. The van der Waals surface area contributed by atoms with Crippen LogP contribution in [0.2, 0.25) is 0 Å². The van der Waals surface area contributed by atoms with Gasteiger partial charge in [0, 0.05) is 5.56 Å². The Morgan fingerprint density at radius 3 is 2.61 bits per heavy atom. The molecule has 2 atom stereocenters. The van der Waals surface area contributed by atoms with Crippen molar-refractivity contribution in [2.45, 2.75) is 0 Å². The number of aliphatic hydroxyl groups is 1. The average molecular weight is 242 g/mol. The molecule has 0 saturated heterocycles. The van der Waals surface area contributed by atoms with Gasteiger partial charge in [-0.1, -0.05) is 24.3 Å². The smallest absolute Gasteiger partial charge is 0.175 e. The lowest BCUT2D eigenvalue weighted by Crippen LogP contribution is -2.37. The number of allylic oxidation sites excluding steroid dienone is 4. The third-order valence-electron chi connectivity index (χ3n) is 3.40. The molecule has 0 radical (unpaired) electrons. The fraction of sp³-hybridized carbons (Fsp3) is 0.143. The average Bonchev–Trinajstić information content (AvgIpc) is 2.35. The number of aromatic hydroxyl groups is 1. The van der Waals surface area contributed by atoms with E-state index in [2.05, 4.69) is 0 Å². The van der Waals surface area contributed by atoms with E-state index in [9.17, 15) is 19.8 Å². The predicted octanol–water partition coefficient (Wildman–Crippen LogP) is 2.02. The topological polar surface area (TPSA) is 74.6 Å². The highest BCUT2D eigenvalue weighted by atomic mass is 16.3. The molecule has 3 rings (SSSR count). The fourth-order valence-corrected chi connectivity index (χ4v) is 2.55. The van der Waals surface area contributed by atoms with Crippen LogP contribution in [0.25, 0.3) is 0 Å². The summed E-state index contributed by atoms with van der Waals surface area (Å²) in [5.74, 6) is -2.52. The molecule has 0 heterocycles. The number of ketones is 2. The Morgan fingerprint density at radius 2 is 1.83 bits per heavy atom. The maximum atomic E-state index is 12.3. The van der Waals surface area contributed by atoms with E-state index >= 15 is 0 Å². The summed E-state index contributed by atoms with van der Waals surface area (Å²) < 4.78 is 0. The Hall–Kier alpha value is -2.36. The van der Waals surface area contributed by atoms with Gasteiger partial charge in [-0.3, -0.25) is 9.59 Å². The van der Waals surface area contributed by atoms with Crippen LogP contribution in [0.15, 0.2) is 42.2 Å². The summed E-state index contributed by atoms with van der Waals surface area (Å²) in [6, 6.07) is 4.39. The number of hydrogen-bond donors (Lipinski definition) is 2. The minimum absolute atomic E-state index is 0.0584. The van der Waals surface area contributed by atoms with Gasteiger partial charge < -0.3 is 10.2 Å². The highest BCUT2D eigenvalue weighted by Gasteiger charge is 2.44. The number of phenolic OH excluding ortho intramolecular Hbond substituents is 1. The summed E-state index contributed by atoms with van der Waals surface area (Å²) in [5.41, 5.74) is 0.236. The standard InChI is InChI=1S/C14H10O4/c15-9-5-1-3-7-11(9)14(18)8-4-2-6-10(16)12(8)13(7)17/h1-7,11,15-16H. The van der Waals surface area contributed by atoms with Gasteiger partial charge in [0.1, 0.15) is 11.5 Å². The summed E-state index contributed by atoms with van der Waals surface area (Å²) in [6.07, 6.45) is 4.55. The first kappa shape index (κ1) is 10.8. The van der Waals surface area contributed by atoms with Gasteiger partial charge in [-0.05, 0) is 12.1 Å². The Balaban J connectivity index is 2.25. The number of Topliss-reactive ketones (excluding diaryl/α,β-unsaturated/α-hetero) is 2. The first-order chi connectivity index (χ1) is 8.61. The van der Waals surface area contributed by atoms with Crippen LogP contribution < -0.4 is 0 Å². The molecule has 0 fully saturated rings. The van der Waals surface area contributed by atoms with Crippen LogP contribution in [0.1, 0.15) is 20.7 Å². The van der Waals surface area contributed by atoms with Gasteiger partial charge in [0.05, 0.1) is 17.4 Å². The summed E-state index contributed by atoms with van der Waals surface area (Å²) in [6.45, 7) is 0. The zero-order valence-electron chi connectivity index (χ0n) is 9.33. The van der Waals surface area contributed by atoms with Crippen molar-refractivity contribution in [1.82, 2.24) is 0 Å². The van der Waals surface area contributed by atoms with Gasteiger partial charge in [-0.25, -0.2) is 0 Å². The molecule has 2 aliphatic rings. The van der Waals surface area contributed by atoms with E-state index in [0.717, 1.165) is 0 Å². The highest BCUT2D eigenvalue weighted by Crippen LogP contribution is 2.39. The molecular weight excluding hydrogens is 232 g/mol. The molecule has 0 aromatic heterocycles. The minimum Gasteiger partial charge on any atom is -0.512 e. The van der Waals surface area contributed by atoms with Crippen molar-refractivity contribution in [2.24, 2.45) is 11.8 Å². The summed E-state index contributed by atoms with van der Waals surface area (Å²) in [4.78, 5) is 24.5. The number of hydrogen-bond acceptors (Lipinski definition) is 4. The maximum Gasteiger partial charge on any atom is 0.175 e. The third-order valence-corrected chi connectivity index (χ3v) is 3.40. The van der Waals surface area contributed by atoms with E-state index in [1.165, 1.54) is 24.3 Å². The molecule has 2 aliphatic carbocycles. The molecule has 1 aromatic carbocycles. The molecule has 4 nitrogen and oxygen atoms in total. The molecule has 1 aromatic rings.